The summed E-state index contributed by atoms with van der Waals surface area (Å²) in [6.07, 6.45) is 4.67. The molecule has 0 bridgehead atoms. The summed E-state index contributed by atoms with van der Waals surface area (Å²) in [5, 5.41) is 2.88. The molecule has 0 saturated carbocycles. The molecule has 2 rings (SSSR count). The zero-order chi connectivity index (χ0) is 11.4. The van der Waals surface area contributed by atoms with Crippen LogP contribution in [0.4, 0.5) is 4.79 Å². The highest BCUT2D eigenvalue weighted by molar-refractivity contribution is 5.76. The topological polar surface area (TPSA) is 46.9 Å². The minimum absolute atomic E-state index is 0.0175. The lowest BCUT2D eigenvalue weighted by molar-refractivity contribution is 0.239. The molecule has 16 heavy (non-hydrogen) atoms. The summed E-state index contributed by atoms with van der Waals surface area (Å²) in [7, 11) is 0. The van der Waals surface area contributed by atoms with E-state index >= 15 is 0 Å². The minimum atomic E-state index is -0.172. The van der Waals surface area contributed by atoms with Crippen LogP contribution in [0.25, 0.3) is 0 Å². The van der Waals surface area contributed by atoms with Crippen LogP contribution in [0.1, 0.15) is 18.5 Å². The van der Waals surface area contributed by atoms with Gasteiger partial charge in [0.2, 0.25) is 0 Å². The predicted molar refractivity (Wildman–Crippen MR) is 61.0 cm³/mol. The van der Waals surface area contributed by atoms with Crippen LogP contribution in [-0.4, -0.2) is 15.6 Å². The maximum atomic E-state index is 11.7. The average molecular weight is 215 g/mol. The van der Waals surface area contributed by atoms with Crippen LogP contribution < -0.4 is 5.32 Å². The first-order valence-electron chi connectivity index (χ1n) is 5.11. The van der Waals surface area contributed by atoms with Gasteiger partial charge in [-0.15, -0.1) is 0 Å². The molecule has 1 heterocycles. The highest BCUT2D eigenvalue weighted by Crippen LogP contribution is 2.10. The van der Waals surface area contributed by atoms with E-state index in [1.807, 2.05) is 37.3 Å². The van der Waals surface area contributed by atoms with Crippen LogP contribution in [0.5, 0.6) is 0 Å². The lowest BCUT2D eigenvalue weighted by Crippen LogP contribution is -2.30. The van der Waals surface area contributed by atoms with Gasteiger partial charge in [-0.05, 0) is 12.5 Å². The molecular formula is C12H13N3O. The molecule has 0 aliphatic rings. The molecule has 82 valence electrons. The van der Waals surface area contributed by atoms with E-state index in [0.717, 1.165) is 5.56 Å². The molecule has 0 aliphatic carbocycles. The third-order valence-electron chi connectivity index (χ3n) is 2.38. The summed E-state index contributed by atoms with van der Waals surface area (Å²) in [6, 6.07) is 9.64. The highest BCUT2D eigenvalue weighted by Gasteiger charge is 2.09. The second-order valence-electron chi connectivity index (χ2n) is 3.55. The molecule has 1 amide bonds. The Morgan fingerprint density at radius 2 is 2.12 bits per heavy atom. The van der Waals surface area contributed by atoms with Gasteiger partial charge < -0.3 is 5.32 Å². The molecule has 1 aromatic heterocycles. The molecule has 4 heteroatoms. The Labute approximate surface area is 93.9 Å². The number of nitrogens with zero attached hydrogens (tertiary/aromatic N) is 2. The first-order chi connectivity index (χ1) is 7.77. The fraction of sp³-hybridized carbons (Fsp3) is 0.167. The van der Waals surface area contributed by atoms with Crippen molar-refractivity contribution in [3.8, 4) is 0 Å². The molecule has 1 unspecified atom stereocenters. The Balaban J connectivity index is 2.03. The largest absolute Gasteiger partial charge is 0.331 e. The quantitative estimate of drug-likeness (QED) is 0.834. The van der Waals surface area contributed by atoms with Crippen LogP contribution >= 0.6 is 0 Å². The lowest BCUT2D eigenvalue weighted by Gasteiger charge is -2.13. The van der Waals surface area contributed by atoms with Gasteiger partial charge in [0.25, 0.3) is 0 Å². The van der Waals surface area contributed by atoms with Gasteiger partial charge >= 0.3 is 6.03 Å². The fourth-order valence-electron chi connectivity index (χ4n) is 1.46. The smallest absolute Gasteiger partial charge is 0.327 e. The van der Waals surface area contributed by atoms with Gasteiger partial charge in [0.1, 0.15) is 6.33 Å². The predicted octanol–water partition coefficient (Wildman–Crippen LogP) is 2.20. The average Bonchev–Trinajstić information content (AvgIpc) is 2.83. The molecule has 1 atom stereocenters. The Hall–Kier alpha value is -2.10. The van der Waals surface area contributed by atoms with E-state index in [-0.39, 0.29) is 12.1 Å². The second-order valence-corrected chi connectivity index (χ2v) is 3.55. The van der Waals surface area contributed by atoms with Crippen molar-refractivity contribution in [2.45, 2.75) is 13.0 Å². The number of hydrogen-bond donors (Lipinski definition) is 1. The van der Waals surface area contributed by atoms with E-state index in [1.165, 1.54) is 10.9 Å². The number of benzene rings is 1. The van der Waals surface area contributed by atoms with Gasteiger partial charge in [0, 0.05) is 12.4 Å². The molecule has 0 aliphatic heterocycles. The second kappa shape index (κ2) is 4.61. The van der Waals surface area contributed by atoms with Crippen molar-refractivity contribution in [3.05, 3.63) is 54.6 Å². The standard InChI is InChI=1S/C12H13N3O/c1-10(11-5-3-2-4-6-11)14-12(16)15-8-7-13-9-15/h2-10H,1H3,(H,14,16). The lowest BCUT2D eigenvalue weighted by atomic mass is 10.1. The van der Waals surface area contributed by atoms with Crippen molar-refractivity contribution in [2.24, 2.45) is 0 Å². The summed E-state index contributed by atoms with van der Waals surface area (Å²) in [4.78, 5) is 15.5. The zero-order valence-corrected chi connectivity index (χ0v) is 9.00. The van der Waals surface area contributed by atoms with Crippen molar-refractivity contribution >= 4 is 6.03 Å². The van der Waals surface area contributed by atoms with E-state index in [0.29, 0.717) is 0 Å². The van der Waals surface area contributed by atoms with Crippen LogP contribution in [-0.2, 0) is 0 Å². The molecule has 0 fully saturated rings. The normalized spacial score (nSPS) is 12.1. The molecule has 1 N–H and O–H groups in total. The number of aromatic nitrogens is 2. The Bertz CT molecular complexity index is 450. The number of carbonyl (C=O) groups is 1. The molecule has 0 radical (unpaired) electrons. The summed E-state index contributed by atoms with van der Waals surface area (Å²) in [5.74, 6) is 0. The third kappa shape index (κ3) is 2.28. The molecule has 2 aromatic rings. The first-order valence-corrected chi connectivity index (χ1v) is 5.11. The SMILES string of the molecule is CC(NC(=O)n1ccnc1)c1ccccc1. The Morgan fingerprint density at radius 3 is 2.75 bits per heavy atom. The van der Waals surface area contributed by atoms with Gasteiger partial charge in [-0.3, -0.25) is 4.57 Å². The monoisotopic (exact) mass is 215 g/mol. The number of carbonyl (C=O) groups excluding carboxylic acids is 1. The summed E-state index contributed by atoms with van der Waals surface area (Å²) in [5.41, 5.74) is 1.08. The maximum absolute atomic E-state index is 11.7. The highest BCUT2D eigenvalue weighted by atomic mass is 16.2. The van der Waals surface area contributed by atoms with Crippen molar-refractivity contribution in [1.82, 2.24) is 14.9 Å². The summed E-state index contributed by atoms with van der Waals surface area (Å²) in [6.45, 7) is 1.95. The van der Waals surface area contributed by atoms with Crippen molar-refractivity contribution in [1.29, 1.82) is 0 Å². The third-order valence-corrected chi connectivity index (χ3v) is 2.38. The molecule has 0 spiro atoms. The van der Waals surface area contributed by atoms with Crippen LogP contribution in [0.3, 0.4) is 0 Å². The zero-order valence-electron chi connectivity index (χ0n) is 9.00. The van der Waals surface area contributed by atoms with Gasteiger partial charge in [-0.1, -0.05) is 30.3 Å². The van der Waals surface area contributed by atoms with Crippen molar-refractivity contribution < 1.29 is 4.79 Å². The number of hydrogen-bond acceptors (Lipinski definition) is 2. The van der Waals surface area contributed by atoms with Gasteiger partial charge in [0.15, 0.2) is 0 Å². The van der Waals surface area contributed by atoms with Crippen molar-refractivity contribution in [3.63, 3.8) is 0 Å². The van der Waals surface area contributed by atoms with E-state index < -0.39 is 0 Å². The van der Waals surface area contributed by atoms with Gasteiger partial charge in [-0.2, -0.15) is 0 Å². The van der Waals surface area contributed by atoms with Crippen LogP contribution in [0.2, 0.25) is 0 Å². The Morgan fingerprint density at radius 1 is 1.38 bits per heavy atom. The van der Waals surface area contributed by atoms with E-state index in [1.54, 1.807) is 12.4 Å². The fourth-order valence-corrected chi connectivity index (χ4v) is 1.46. The minimum Gasteiger partial charge on any atom is -0.331 e. The van der Waals surface area contributed by atoms with Gasteiger partial charge in [0.05, 0.1) is 6.04 Å². The summed E-state index contributed by atoms with van der Waals surface area (Å²) < 4.78 is 1.42. The van der Waals surface area contributed by atoms with Gasteiger partial charge in [-0.25, -0.2) is 9.78 Å². The molecule has 4 nitrogen and oxygen atoms in total. The number of amides is 1. The van der Waals surface area contributed by atoms with Crippen LogP contribution in [0, 0.1) is 0 Å². The molecule has 1 aromatic carbocycles. The van der Waals surface area contributed by atoms with Crippen molar-refractivity contribution in [2.75, 3.05) is 0 Å². The Kier molecular flexibility index (Phi) is 3.00. The summed E-state index contributed by atoms with van der Waals surface area (Å²) >= 11 is 0. The van der Waals surface area contributed by atoms with E-state index in [9.17, 15) is 4.79 Å². The number of imidazole rings is 1. The van der Waals surface area contributed by atoms with E-state index in [4.69, 9.17) is 0 Å². The number of rotatable bonds is 2. The number of nitrogens with one attached hydrogen (secondary N) is 1. The van der Waals surface area contributed by atoms with Crippen LogP contribution in [0.15, 0.2) is 49.1 Å². The molecule has 0 saturated heterocycles. The molecular weight excluding hydrogens is 202 g/mol. The maximum Gasteiger partial charge on any atom is 0.327 e. The first kappa shape index (κ1) is 10.4. The van der Waals surface area contributed by atoms with E-state index in [2.05, 4.69) is 10.3 Å².